The Kier molecular flexibility index (Phi) is 5.90. The van der Waals surface area contributed by atoms with Crippen LogP contribution in [0, 0.1) is 20.8 Å². The van der Waals surface area contributed by atoms with Crippen molar-refractivity contribution in [3.05, 3.63) is 65.6 Å². The van der Waals surface area contributed by atoms with Crippen LogP contribution in [0.3, 0.4) is 0 Å². The minimum atomic E-state index is -3.91. The van der Waals surface area contributed by atoms with E-state index in [4.69, 9.17) is 9.72 Å². The van der Waals surface area contributed by atoms with Gasteiger partial charge in [-0.2, -0.15) is 0 Å². The van der Waals surface area contributed by atoms with E-state index in [2.05, 4.69) is 20.0 Å². The molecule has 0 radical (unpaired) electrons. The lowest BCUT2D eigenvalue weighted by atomic mass is 9.97. The summed E-state index contributed by atoms with van der Waals surface area (Å²) < 4.78 is 34.0. The van der Waals surface area contributed by atoms with Crippen molar-refractivity contribution in [1.29, 1.82) is 0 Å². The zero-order valence-corrected chi connectivity index (χ0v) is 19.9. The van der Waals surface area contributed by atoms with Crippen LogP contribution in [-0.2, 0) is 10.0 Å². The maximum atomic E-state index is 13.1. The topological polar surface area (TPSA) is 106 Å². The van der Waals surface area contributed by atoms with Crippen molar-refractivity contribution in [2.75, 3.05) is 24.2 Å². The molecule has 8 nitrogen and oxygen atoms in total. The van der Waals surface area contributed by atoms with Gasteiger partial charge in [0.15, 0.2) is 0 Å². The van der Waals surface area contributed by atoms with E-state index < -0.39 is 10.0 Å². The molecule has 0 aliphatic rings. The summed E-state index contributed by atoms with van der Waals surface area (Å²) in [5.74, 6) is 0.791. The lowest BCUT2D eigenvalue weighted by Crippen LogP contribution is -2.15. The van der Waals surface area contributed by atoms with E-state index in [1.807, 2.05) is 45.2 Å². The number of hydrogen-bond donors (Lipinski definition) is 2. The normalized spacial score (nSPS) is 11.4. The van der Waals surface area contributed by atoms with Crippen molar-refractivity contribution in [2.24, 2.45) is 0 Å². The molecule has 0 amide bonds. The second-order valence-electron chi connectivity index (χ2n) is 7.79. The van der Waals surface area contributed by atoms with Crippen LogP contribution in [-0.4, -0.2) is 37.5 Å². The number of aromatic nitrogens is 3. The monoisotopic (exact) mass is 463 g/mol. The number of hydrogen-bond acceptors (Lipinski definition) is 7. The maximum absolute atomic E-state index is 13.1. The molecule has 4 aromatic rings. The van der Waals surface area contributed by atoms with Gasteiger partial charge in [0.2, 0.25) is 5.88 Å². The van der Waals surface area contributed by atoms with Gasteiger partial charge in [-0.25, -0.2) is 18.4 Å². The molecule has 0 saturated carbocycles. The van der Waals surface area contributed by atoms with Crippen molar-refractivity contribution in [3.8, 4) is 17.0 Å². The molecule has 0 spiro atoms. The summed E-state index contributed by atoms with van der Waals surface area (Å²) in [5, 5.41) is 3.92. The summed E-state index contributed by atoms with van der Waals surface area (Å²) in [5.41, 5.74) is 5.62. The molecular formula is C24H25N5O3S. The lowest BCUT2D eigenvalue weighted by Gasteiger charge is -2.15. The van der Waals surface area contributed by atoms with E-state index in [1.165, 1.54) is 13.2 Å². The summed E-state index contributed by atoms with van der Waals surface area (Å²) in [7, 11) is -0.706. The molecule has 0 atom stereocenters. The van der Waals surface area contributed by atoms with Crippen molar-refractivity contribution in [2.45, 2.75) is 25.7 Å². The molecule has 0 unspecified atom stereocenters. The number of nitrogens with zero attached hydrogens (tertiary/aromatic N) is 3. The molecule has 33 heavy (non-hydrogen) atoms. The first kappa shape index (κ1) is 22.5. The maximum Gasteiger partial charge on any atom is 0.267 e. The number of anilines is 2. The molecule has 170 valence electrons. The average Bonchev–Trinajstić information content (AvgIpc) is 2.79. The van der Waals surface area contributed by atoms with Crippen LogP contribution < -0.4 is 14.8 Å². The average molecular weight is 464 g/mol. The second kappa shape index (κ2) is 8.67. The highest BCUT2D eigenvalue weighted by atomic mass is 32.2. The predicted molar refractivity (Wildman–Crippen MR) is 130 cm³/mol. The van der Waals surface area contributed by atoms with Crippen LogP contribution in [0.15, 0.2) is 53.7 Å². The number of benzene rings is 1. The molecule has 0 fully saturated rings. The van der Waals surface area contributed by atoms with Crippen molar-refractivity contribution < 1.29 is 13.2 Å². The summed E-state index contributed by atoms with van der Waals surface area (Å²) in [6, 6.07) is 10.9. The fourth-order valence-electron chi connectivity index (χ4n) is 3.64. The molecule has 0 aliphatic carbocycles. The van der Waals surface area contributed by atoms with E-state index in [9.17, 15) is 8.42 Å². The summed E-state index contributed by atoms with van der Waals surface area (Å²) in [6.07, 6.45) is 3.34. The lowest BCUT2D eigenvalue weighted by molar-refractivity contribution is 0.385. The first-order valence-electron chi connectivity index (χ1n) is 10.3. The number of nitrogens with one attached hydrogen (secondary N) is 2. The Morgan fingerprint density at radius 2 is 1.73 bits per heavy atom. The van der Waals surface area contributed by atoms with Gasteiger partial charge in [-0.15, -0.1) is 0 Å². The van der Waals surface area contributed by atoms with Crippen LogP contribution in [0.2, 0.25) is 0 Å². The molecule has 1 aromatic carbocycles. The first-order chi connectivity index (χ1) is 15.7. The zero-order chi connectivity index (χ0) is 23.8. The minimum absolute atomic E-state index is 0.0120. The number of pyridine rings is 3. The Labute approximate surface area is 193 Å². The summed E-state index contributed by atoms with van der Waals surface area (Å²) >= 11 is 0. The molecule has 3 heterocycles. The smallest absolute Gasteiger partial charge is 0.267 e. The largest absolute Gasteiger partial charge is 0.480 e. The van der Waals surface area contributed by atoms with E-state index in [0.717, 1.165) is 39.1 Å². The van der Waals surface area contributed by atoms with Crippen LogP contribution in [0.4, 0.5) is 11.5 Å². The Morgan fingerprint density at radius 1 is 0.939 bits per heavy atom. The number of ether oxygens (including phenoxy) is 1. The Balaban J connectivity index is 1.76. The fourth-order valence-corrected chi connectivity index (χ4v) is 4.89. The summed E-state index contributed by atoms with van der Waals surface area (Å²) in [4.78, 5) is 13.2. The van der Waals surface area contributed by atoms with Gasteiger partial charge in [0.1, 0.15) is 10.7 Å². The Bertz CT molecular complexity index is 1470. The predicted octanol–water partition coefficient (Wildman–Crippen LogP) is 4.47. The van der Waals surface area contributed by atoms with Gasteiger partial charge in [-0.1, -0.05) is 6.07 Å². The third kappa shape index (κ3) is 4.45. The van der Waals surface area contributed by atoms with Crippen LogP contribution >= 0.6 is 0 Å². The highest BCUT2D eigenvalue weighted by Gasteiger charge is 2.22. The van der Waals surface area contributed by atoms with E-state index in [1.54, 1.807) is 25.4 Å². The van der Waals surface area contributed by atoms with Gasteiger partial charge >= 0.3 is 0 Å². The molecule has 9 heteroatoms. The first-order valence-corrected chi connectivity index (χ1v) is 11.8. The molecular weight excluding hydrogens is 438 g/mol. The van der Waals surface area contributed by atoms with E-state index in [-0.39, 0.29) is 10.8 Å². The third-order valence-corrected chi connectivity index (χ3v) is 6.74. The van der Waals surface area contributed by atoms with Gasteiger partial charge in [0.25, 0.3) is 10.0 Å². The second-order valence-corrected chi connectivity index (χ2v) is 9.44. The van der Waals surface area contributed by atoms with Gasteiger partial charge in [-0.05, 0) is 61.7 Å². The Hall–Kier alpha value is -3.72. The fraction of sp³-hybridized carbons (Fsp3) is 0.208. The molecule has 2 N–H and O–H groups in total. The van der Waals surface area contributed by atoms with Crippen LogP contribution in [0.1, 0.15) is 16.8 Å². The number of sulfonamides is 1. The molecule has 0 aliphatic heterocycles. The number of aryl methyl sites for hydroxylation is 3. The summed E-state index contributed by atoms with van der Waals surface area (Å²) in [6.45, 7) is 5.69. The standard InChI is InChI=1S/C24H25N5O3S/c1-14-8-22(24(32-5)27-12-14)33(30,31)29-18-7-6-15(2)19(10-18)20-9-17-13-26-23(25-4)11-21(17)28-16(20)3/h6-13,29H,1-5H3,(H,25,26). The highest BCUT2D eigenvalue weighted by Crippen LogP contribution is 2.32. The van der Waals surface area contributed by atoms with Gasteiger partial charge in [-0.3, -0.25) is 9.71 Å². The molecule has 0 saturated heterocycles. The van der Waals surface area contributed by atoms with Crippen molar-refractivity contribution >= 4 is 32.4 Å². The quantitative estimate of drug-likeness (QED) is 0.435. The SMILES string of the molecule is CNc1cc2nc(C)c(-c3cc(NS(=O)(=O)c4cc(C)cnc4OC)ccc3C)cc2cn1. The molecule has 0 bridgehead atoms. The zero-order valence-electron chi connectivity index (χ0n) is 19.1. The van der Waals surface area contributed by atoms with Crippen molar-refractivity contribution in [1.82, 2.24) is 15.0 Å². The number of rotatable bonds is 6. The van der Waals surface area contributed by atoms with Gasteiger partial charge in [0.05, 0.1) is 12.6 Å². The number of methoxy groups -OCH3 is 1. The minimum Gasteiger partial charge on any atom is -0.480 e. The van der Waals surface area contributed by atoms with Gasteiger partial charge < -0.3 is 10.1 Å². The Morgan fingerprint density at radius 3 is 2.45 bits per heavy atom. The third-order valence-electron chi connectivity index (χ3n) is 5.36. The van der Waals surface area contributed by atoms with Crippen LogP contribution in [0.25, 0.3) is 22.0 Å². The van der Waals surface area contributed by atoms with E-state index >= 15 is 0 Å². The molecule has 4 rings (SSSR count). The highest BCUT2D eigenvalue weighted by molar-refractivity contribution is 7.92. The number of fused-ring (bicyclic) bond motifs is 1. The van der Waals surface area contributed by atoms with Gasteiger partial charge in [0, 0.05) is 47.8 Å². The van der Waals surface area contributed by atoms with Crippen LogP contribution in [0.5, 0.6) is 5.88 Å². The van der Waals surface area contributed by atoms with Crippen molar-refractivity contribution in [3.63, 3.8) is 0 Å². The van der Waals surface area contributed by atoms with E-state index in [0.29, 0.717) is 11.3 Å². The molecule has 3 aromatic heterocycles.